The highest BCUT2D eigenvalue weighted by Crippen LogP contribution is 2.35. The van der Waals surface area contributed by atoms with E-state index in [0.29, 0.717) is 0 Å². The van der Waals surface area contributed by atoms with Gasteiger partial charge in [0.05, 0.1) is 12.1 Å². The van der Waals surface area contributed by atoms with Gasteiger partial charge in [0.15, 0.2) is 0 Å². The van der Waals surface area contributed by atoms with Crippen molar-refractivity contribution in [1.82, 2.24) is 9.80 Å². The summed E-state index contributed by atoms with van der Waals surface area (Å²) in [6.45, 7) is 2.56. The van der Waals surface area contributed by atoms with Gasteiger partial charge in [-0.15, -0.1) is 0 Å². The van der Waals surface area contributed by atoms with Crippen molar-refractivity contribution in [3.8, 4) is 0 Å². The molecule has 142 valence electrons. The molecule has 26 heavy (non-hydrogen) atoms. The Balaban J connectivity index is 1.86. The number of methoxy groups -OCH3 is 1. The van der Waals surface area contributed by atoms with Crippen molar-refractivity contribution in [3.63, 3.8) is 0 Å². The summed E-state index contributed by atoms with van der Waals surface area (Å²) in [6, 6.07) is 10.7. The van der Waals surface area contributed by atoms with E-state index in [0.717, 1.165) is 45.1 Å². The van der Waals surface area contributed by atoms with Gasteiger partial charge in [-0.3, -0.25) is 9.59 Å². The van der Waals surface area contributed by atoms with Gasteiger partial charge in [-0.25, -0.2) is 0 Å². The first-order valence-electron chi connectivity index (χ1n) is 9.73. The molecule has 0 aromatic heterocycles. The maximum absolute atomic E-state index is 12.6. The zero-order valence-corrected chi connectivity index (χ0v) is 15.9. The fourth-order valence-electron chi connectivity index (χ4n) is 4.72. The topological polar surface area (TPSA) is 49.9 Å². The van der Waals surface area contributed by atoms with Crippen molar-refractivity contribution in [1.29, 1.82) is 0 Å². The average Bonchev–Trinajstić information content (AvgIpc) is 2.93. The number of amides is 2. The van der Waals surface area contributed by atoms with Crippen LogP contribution in [0.4, 0.5) is 0 Å². The van der Waals surface area contributed by atoms with Crippen molar-refractivity contribution >= 4 is 11.8 Å². The molecule has 1 aromatic carbocycles. The number of fused-ring (bicyclic) bond motifs is 1. The number of hydrogen-bond donors (Lipinski definition) is 0. The smallest absolute Gasteiger partial charge is 0.248 e. The van der Waals surface area contributed by atoms with Crippen LogP contribution in [-0.4, -0.2) is 60.0 Å². The van der Waals surface area contributed by atoms with E-state index in [2.05, 4.69) is 17.0 Å². The van der Waals surface area contributed by atoms with Crippen LogP contribution in [0.5, 0.6) is 0 Å². The third-order valence-corrected chi connectivity index (χ3v) is 5.77. The predicted molar refractivity (Wildman–Crippen MR) is 101 cm³/mol. The lowest BCUT2D eigenvalue weighted by Gasteiger charge is -2.37. The van der Waals surface area contributed by atoms with E-state index in [1.807, 2.05) is 23.1 Å². The van der Waals surface area contributed by atoms with Gasteiger partial charge >= 0.3 is 0 Å². The van der Waals surface area contributed by atoms with Gasteiger partial charge in [-0.1, -0.05) is 43.2 Å². The molecule has 3 atom stereocenters. The highest BCUT2D eigenvalue weighted by Gasteiger charge is 2.46. The molecule has 2 aliphatic rings. The minimum absolute atomic E-state index is 0.0493. The highest BCUT2D eigenvalue weighted by atomic mass is 16.5. The molecular formula is C21H30N2O3. The molecule has 5 nitrogen and oxygen atoms in total. The number of carbonyl (C=O) groups excluding carboxylic acids is 2. The van der Waals surface area contributed by atoms with Crippen LogP contribution in [0, 0.1) is 0 Å². The van der Waals surface area contributed by atoms with Crippen LogP contribution in [-0.2, 0) is 20.7 Å². The Kier molecular flexibility index (Phi) is 6.30. The molecule has 2 saturated heterocycles. The van der Waals surface area contributed by atoms with Crippen molar-refractivity contribution in [2.24, 2.45) is 0 Å². The van der Waals surface area contributed by atoms with Gasteiger partial charge in [0.1, 0.15) is 6.61 Å². The van der Waals surface area contributed by atoms with E-state index >= 15 is 0 Å². The summed E-state index contributed by atoms with van der Waals surface area (Å²) in [4.78, 5) is 29.2. The highest BCUT2D eigenvalue weighted by molar-refractivity contribution is 5.79. The number of carbonyl (C=O) groups is 2. The van der Waals surface area contributed by atoms with E-state index < -0.39 is 0 Å². The Labute approximate surface area is 156 Å². The normalized spacial score (nSPS) is 26.2. The summed E-state index contributed by atoms with van der Waals surface area (Å²) in [5.74, 6) is 0.173. The summed E-state index contributed by atoms with van der Waals surface area (Å²) in [5.41, 5.74) is 1.24. The molecule has 0 aliphatic carbocycles. The van der Waals surface area contributed by atoms with E-state index in [1.165, 1.54) is 5.56 Å². The van der Waals surface area contributed by atoms with Crippen LogP contribution < -0.4 is 0 Å². The van der Waals surface area contributed by atoms with Gasteiger partial charge in [-0.2, -0.15) is 0 Å². The predicted octanol–water partition coefficient (Wildman–Crippen LogP) is 2.64. The van der Waals surface area contributed by atoms with Crippen LogP contribution in [0.15, 0.2) is 30.3 Å². The van der Waals surface area contributed by atoms with E-state index in [4.69, 9.17) is 4.74 Å². The molecule has 0 radical (unpaired) electrons. The number of likely N-dealkylation sites (tertiary alicyclic amines) is 2. The van der Waals surface area contributed by atoms with Crippen molar-refractivity contribution in [3.05, 3.63) is 35.9 Å². The molecule has 5 heteroatoms. The minimum Gasteiger partial charge on any atom is -0.375 e. The largest absolute Gasteiger partial charge is 0.375 e. The zero-order valence-electron chi connectivity index (χ0n) is 15.9. The summed E-state index contributed by atoms with van der Waals surface area (Å²) in [5, 5.41) is 0. The first kappa shape index (κ1) is 18.9. The maximum atomic E-state index is 12.6. The molecule has 0 saturated carbocycles. The van der Waals surface area contributed by atoms with Gasteiger partial charge < -0.3 is 14.5 Å². The summed E-state index contributed by atoms with van der Waals surface area (Å²) >= 11 is 0. The van der Waals surface area contributed by atoms with E-state index in [-0.39, 0.29) is 36.5 Å². The number of nitrogens with zero attached hydrogens (tertiary/aromatic N) is 2. The maximum Gasteiger partial charge on any atom is 0.248 e. The monoisotopic (exact) mass is 358 g/mol. The summed E-state index contributed by atoms with van der Waals surface area (Å²) in [7, 11) is 1.56. The first-order valence-corrected chi connectivity index (χ1v) is 9.73. The number of benzene rings is 1. The lowest BCUT2D eigenvalue weighted by molar-refractivity contribution is -0.140. The second-order valence-electron chi connectivity index (χ2n) is 7.51. The van der Waals surface area contributed by atoms with Crippen molar-refractivity contribution in [2.75, 3.05) is 20.3 Å². The molecule has 0 bridgehead atoms. The Morgan fingerprint density at radius 2 is 1.88 bits per heavy atom. The Hall–Kier alpha value is -1.88. The zero-order chi connectivity index (χ0) is 18.5. The van der Waals surface area contributed by atoms with Crippen LogP contribution in [0.3, 0.4) is 0 Å². The Morgan fingerprint density at radius 1 is 1.12 bits per heavy atom. The fraction of sp³-hybridized carbons (Fsp3) is 0.619. The molecule has 0 spiro atoms. The number of rotatable bonds is 4. The SMILES string of the molecule is COCC(=O)N1CCCCC[C@@H]2[C@@H]1C[C@@H](Cc1ccccc1)N2C(C)=O. The van der Waals surface area contributed by atoms with Crippen LogP contribution in [0.2, 0.25) is 0 Å². The lowest BCUT2D eigenvalue weighted by Crippen LogP contribution is -2.51. The third kappa shape index (κ3) is 4.09. The molecule has 2 heterocycles. The van der Waals surface area contributed by atoms with Crippen LogP contribution in [0.25, 0.3) is 0 Å². The Bertz CT molecular complexity index is 619. The molecule has 2 aliphatic heterocycles. The van der Waals surface area contributed by atoms with Gasteiger partial charge in [0.25, 0.3) is 0 Å². The van der Waals surface area contributed by atoms with Crippen LogP contribution >= 0.6 is 0 Å². The summed E-state index contributed by atoms with van der Waals surface area (Å²) in [6.07, 6.45) is 5.94. The van der Waals surface area contributed by atoms with Gasteiger partial charge in [-0.05, 0) is 31.2 Å². The number of ether oxygens (including phenoxy) is 1. The fourth-order valence-corrected chi connectivity index (χ4v) is 4.72. The van der Waals surface area contributed by atoms with E-state index in [9.17, 15) is 9.59 Å². The molecule has 3 rings (SSSR count). The standard InChI is InChI=1S/C21H30N2O3/c1-16(24)23-18(13-17-9-5-3-6-10-17)14-20-19(23)11-7-4-8-12-22(20)21(25)15-26-2/h3,5-6,9-10,18-20H,4,7-8,11-15H2,1-2H3/t18-,19-,20+/m1/s1. The quantitative estimate of drug-likeness (QED) is 0.831. The van der Waals surface area contributed by atoms with Crippen molar-refractivity contribution in [2.45, 2.75) is 63.6 Å². The average molecular weight is 358 g/mol. The molecular weight excluding hydrogens is 328 g/mol. The van der Waals surface area contributed by atoms with E-state index in [1.54, 1.807) is 14.0 Å². The number of hydrogen-bond acceptors (Lipinski definition) is 3. The van der Waals surface area contributed by atoms with Gasteiger partial charge in [0, 0.05) is 26.6 Å². The van der Waals surface area contributed by atoms with Crippen molar-refractivity contribution < 1.29 is 14.3 Å². The lowest BCUT2D eigenvalue weighted by atomic mass is 9.96. The first-order chi connectivity index (χ1) is 12.6. The molecule has 2 fully saturated rings. The Morgan fingerprint density at radius 3 is 2.58 bits per heavy atom. The minimum atomic E-state index is 0.0493. The third-order valence-electron chi connectivity index (χ3n) is 5.77. The molecule has 2 amide bonds. The molecule has 0 N–H and O–H groups in total. The molecule has 1 aromatic rings. The molecule has 0 unspecified atom stereocenters. The van der Waals surface area contributed by atoms with Crippen LogP contribution in [0.1, 0.15) is 44.6 Å². The summed E-state index contributed by atoms with van der Waals surface area (Å²) < 4.78 is 5.10. The second-order valence-corrected chi connectivity index (χ2v) is 7.51. The second kappa shape index (κ2) is 8.67. The van der Waals surface area contributed by atoms with Gasteiger partial charge in [0.2, 0.25) is 11.8 Å².